The van der Waals surface area contributed by atoms with Gasteiger partial charge in [-0.1, -0.05) is 31.7 Å². The summed E-state index contributed by atoms with van der Waals surface area (Å²) in [6.07, 6.45) is 6.02. The van der Waals surface area contributed by atoms with Crippen LogP contribution in [0.4, 0.5) is 0 Å². The lowest BCUT2D eigenvalue weighted by atomic mass is 9.61. The van der Waals surface area contributed by atoms with Gasteiger partial charge in [-0.2, -0.15) is 0 Å². The molecule has 0 unspecified atom stereocenters. The first-order chi connectivity index (χ1) is 7.44. The highest BCUT2D eigenvalue weighted by Crippen LogP contribution is 2.48. The Labute approximate surface area is 98.9 Å². The van der Waals surface area contributed by atoms with E-state index in [0.717, 1.165) is 31.1 Å². The molecule has 0 aromatic carbocycles. The van der Waals surface area contributed by atoms with E-state index in [2.05, 4.69) is 33.6 Å². The summed E-state index contributed by atoms with van der Waals surface area (Å²) in [6.45, 7) is 16.2. The van der Waals surface area contributed by atoms with E-state index in [1.54, 1.807) is 0 Å². The van der Waals surface area contributed by atoms with Crippen molar-refractivity contribution >= 4 is 6.29 Å². The van der Waals surface area contributed by atoms with Crippen LogP contribution < -0.4 is 0 Å². The molecule has 1 nitrogen and oxygen atoms in total. The van der Waals surface area contributed by atoms with Gasteiger partial charge in [0.25, 0.3) is 0 Å². The molecule has 0 bridgehead atoms. The van der Waals surface area contributed by atoms with Gasteiger partial charge < -0.3 is 0 Å². The molecule has 0 aromatic heterocycles. The Kier molecular flexibility index (Phi) is 3.90. The van der Waals surface area contributed by atoms with Crippen LogP contribution in [-0.2, 0) is 4.79 Å². The fourth-order valence-electron chi connectivity index (χ4n) is 2.77. The van der Waals surface area contributed by atoms with E-state index in [9.17, 15) is 4.79 Å². The molecule has 1 heteroatoms. The van der Waals surface area contributed by atoms with E-state index in [1.165, 1.54) is 5.57 Å². The summed E-state index contributed by atoms with van der Waals surface area (Å²) in [5, 5.41) is 0. The summed E-state index contributed by atoms with van der Waals surface area (Å²) in [4.78, 5) is 10.8. The number of carbonyl (C=O) groups excluding carboxylic acids is 1. The molecule has 0 radical (unpaired) electrons. The number of rotatable bonds is 4. The van der Waals surface area contributed by atoms with Crippen molar-refractivity contribution in [3.8, 4) is 0 Å². The summed E-state index contributed by atoms with van der Waals surface area (Å²) >= 11 is 0. The second-order valence-corrected chi connectivity index (χ2v) is 5.27. The molecule has 1 aliphatic rings. The van der Waals surface area contributed by atoms with Crippen LogP contribution >= 0.6 is 0 Å². The van der Waals surface area contributed by atoms with E-state index in [-0.39, 0.29) is 5.41 Å². The van der Waals surface area contributed by atoms with Crippen LogP contribution in [0.15, 0.2) is 37.0 Å². The molecular weight excluding hydrogens is 196 g/mol. The largest absolute Gasteiger partial charge is 0.298 e. The molecule has 0 amide bonds. The second kappa shape index (κ2) is 4.82. The zero-order chi connectivity index (χ0) is 12.3. The van der Waals surface area contributed by atoms with Crippen LogP contribution in [0.1, 0.15) is 33.1 Å². The fraction of sp³-hybridized carbons (Fsp3) is 0.533. The third-order valence-electron chi connectivity index (χ3n) is 4.08. The van der Waals surface area contributed by atoms with Crippen molar-refractivity contribution in [3.05, 3.63) is 37.0 Å². The highest BCUT2D eigenvalue weighted by molar-refractivity contribution is 5.72. The van der Waals surface area contributed by atoms with Crippen molar-refractivity contribution in [1.82, 2.24) is 0 Å². The Morgan fingerprint density at radius 2 is 2.06 bits per heavy atom. The Balaban J connectivity index is 2.89. The first kappa shape index (κ1) is 13.0. The van der Waals surface area contributed by atoms with Crippen LogP contribution in [-0.4, -0.2) is 6.29 Å². The molecule has 0 heterocycles. The number of hydrogen-bond donors (Lipinski definition) is 0. The normalized spacial score (nSPS) is 34.1. The van der Waals surface area contributed by atoms with Crippen molar-refractivity contribution in [1.29, 1.82) is 0 Å². The maximum Gasteiger partial charge on any atom is 0.145 e. The lowest BCUT2D eigenvalue weighted by molar-refractivity contribution is -0.105. The van der Waals surface area contributed by atoms with Crippen LogP contribution in [0, 0.1) is 17.3 Å². The molecule has 1 saturated carbocycles. The van der Waals surface area contributed by atoms with Crippen LogP contribution in [0.5, 0.6) is 0 Å². The minimum atomic E-state index is 0.130. The SMILES string of the molecule is C=C[C@]1(C)CC[C@@H](C(=C)C=O)C[C@H]1C(=C)C. The monoisotopic (exact) mass is 218 g/mol. The summed E-state index contributed by atoms with van der Waals surface area (Å²) in [5.41, 5.74) is 2.05. The molecule has 3 atom stereocenters. The Morgan fingerprint density at radius 1 is 1.44 bits per heavy atom. The minimum Gasteiger partial charge on any atom is -0.298 e. The lowest BCUT2D eigenvalue weighted by Crippen LogP contribution is -2.34. The third-order valence-corrected chi connectivity index (χ3v) is 4.08. The van der Waals surface area contributed by atoms with Gasteiger partial charge in [-0.3, -0.25) is 4.79 Å². The maximum atomic E-state index is 10.8. The molecule has 0 N–H and O–H groups in total. The zero-order valence-electron chi connectivity index (χ0n) is 10.5. The van der Waals surface area contributed by atoms with Gasteiger partial charge in [0.05, 0.1) is 0 Å². The van der Waals surface area contributed by atoms with Gasteiger partial charge in [0, 0.05) is 0 Å². The molecule has 16 heavy (non-hydrogen) atoms. The van der Waals surface area contributed by atoms with Gasteiger partial charge in [0.2, 0.25) is 0 Å². The molecule has 1 aliphatic carbocycles. The molecule has 1 rings (SSSR count). The average molecular weight is 218 g/mol. The maximum absolute atomic E-state index is 10.8. The molecule has 0 saturated heterocycles. The number of aldehydes is 1. The van der Waals surface area contributed by atoms with Crippen molar-refractivity contribution < 1.29 is 4.79 Å². The first-order valence-electron chi connectivity index (χ1n) is 5.87. The van der Waals surface area contributed by atoms with Crippen molar-refractivity contribution in [2.45, 2.75) is 33.1 Å². The first-order valence-corrected chi connectivity index (χ1v) is 5.87. The van der Waals surface area contributed by atoms with Gasteiger partial charge in [-0.25, -0.2) is 0 Å². The van der Waals surface area contributed by atoms with Gasteiger partial charge in [0.1, 0.15) is 6.29 Å². The molecule has 0 spiro atoms. The minimum absolute atomic E-state index is 0.130. The standard InChI is InChI=1S/C15H22O/c1-6-15(5)8-7-13(12(4)10-16)9-14(15)11(2)3/h6,10,13-14H,1-2,4,7-9H2,3,5H3/t13-,14+,15-/m1/s1. The highest BCUT2D eigenvalue weighted by Gasteiger charge is 2.38. The van der Waals surface area contributed by atoms with Gasteiger partial charge >= 0.3 is 0 Å². The van der Waals surface area contributed by atoms with Crippen molar-refractivity contribution in [2.24, 2.45) is 17.3 Å². The number of allylic oxidation sites excluding steroid dienone is 3. The lowest BCUT2D eigenvalue weighted by Gasteiger charge is -2.43. The van der Waals surface area contributed by atoms with Crippen molar-refractivity contribution in [3.63, 3.8) is 0 Å². The Hall–Kier alpha value is -1.11. The molecule has 0 aliphatic heterocycles. The van der Waals surface area contributed by atoms with Gasteiger partial charge in [-0.05, 0) is 49.0 Å². The van der Waals surface area contributed by atoms with E-state index in [1.807, 2.05) is 6.08 Å². The Bertz CT molecular complexity index is 326. The predicted molar refractivity (Wildman–Crippen MR) is 69.2 cm³/mol. The van der Waals surface area contributed by atoms with E-state index in [4.69, 9.17) is 0 Å². The highest BCUT2D eigenvalue weighted by atomic mass is 16.1. The average Bonchev–Trinajstić information content (AvgIpc) is 2.28. The molecule has 88 valence electrons. The van der Waals surface area contributed by atoms with Crippen LogP contribution in [0.3, 0.4) is 0 Å². The van der Waals surface area contributed by atoms with E-state index < -0.39 is 0 Å². The topological polar surface area (TPSA) is 17.1 Å². The van der Waals surface area contributed by atoms with Gasteiger partial charge in [-0.15, -0.1) is 6.58 Å². The number of carbonyl (C=O) groups is 1. The molecule has 0 aromatic rings. The predicted octanol–water partition coefficient (Wildman–Crippen LogP) is 3.93. The fourth-order valence-corrected chi connectivity index (χ4v) is 2.77. The summed E-state index contributed by atoms with van der Waals surface area (Å²) in [5.74, 6) is 0.743. The van der Waals surface area contributed by atoms with Crippen molar-refractivity contribution in [2.75, 3.05) is 0 Å². The smallest absolute Gasteiger partial charge is 0.145 e. The third kappa shape index (κ3) is 2.34. The molecule has 1 fully saturated rings. The second-order valence-electron chi connectivity index (χ2n) is 5.27. The van der Waals surface area contributed by atoms with Crippen LogP contribution in [0.25, 0.3) is 0 Å². The van der Waals surface area contributed by atoms with E-state index >= 15 is 0 Å². The zero-order valence-corrected chi connectivity index (χ0v) is 10.5. The summed E-state index contributed by atoms with van der Waals surface area (Å²) < 4.78 is 0. The summed E-state index contributed by atoms with van der Waals surface area (Å²) in [6, 6.07) is 0. The van der Waals surface area contributed by atoms with Gasteiger partial charge in [0.15, 0.2) is 0 Å². The van der Waals surface area contributed by atoms with Crippen LogP contribution in [0.2, 0.25) is 0 Å². The summed E-state index contributed by atoms with van der Waals surface area (Å²) in [7, 11) is 0. The number of hydrogen-bond acceptors (Lipinski definition) is 1. The Morgan fingerprint density at radius 3 is 2.50 bits per heavy atom. The quantitative estimate of drug-likeness (QED) is 0.397. The van der Waals surface area contributed by atoms with E-state index in [0.29, 0.717) is 11.8 Å². The molecular formula is C15H22O.